The van der Waals surface area contributed by atoms with Crippen LogP contribution in [0.4, 0.5) is 0 Å². The van der Waals surface area contributed by atoms with Crippen molar-refractivity contribution in [2.24, 2.45) is 5.92 Å². The van der Waals surface area contributed by atoms with Crippen LogP contribution < -0.4 is 0 Å². The van der Waals surface area contributed by atoms with Gasteiger partial charge in [-0.3, -0.25) is 0 Å². The van der Waals surface area contributed by atoms with Crippen molar-refractivity contribution >= 4 is 0 Å². The van der Waals surface area contributed by atoms with E-state index in [-0.39, 0.29) is 0 Å². The van der Waals surface area contributed by atoms with E-state index in [1.54, 1.807) is 0 Å². The molecule has 1 fully saturated rings. The number of piperidine rings is 1. The standard InChI is InChI=1S/C16H27N3/c1-3-18-9-5-4-6-14(18)10-16-17-11-15-8-7-13(2)12-19(15)16/h11,13-14H,3-10,12H2,1-2H3. The fourth-order valence-corrected chi connectivity index (χ4v) is 3.75. The van der Waals surface area contributed by atoms with Gasteiger partial charge in [0.2, 0.25) is 0 Å². The Labute approximate surface area is 117 Å². The van der Waals surface area contributed by atoms with Gasteiger partial charge in [-0.1, -0.05) is 20.3 Å². The van der Waals surface area contributed by atoms with E-state index in [4.69, 9.17) is 4.98 Å². The molecule has 106 valence electrons. The summed E-state index contributed by atoms with van der Waals surface area (Å²) < 4.78 is 2.51. The highest BCUT2D eigenvalue weighted by Gasteiger charge is 2.25. The molecule has 0 aliphatic carbocycles. The molecule has 2 aliphatic heterocycles. The van der Waals surface area contributed by atoms with Crippen molar-refractivity contribution in [2.75, 3.05) is 13.1 Å². The lowest BCUT2D eigenvalue weighted by Crippen LogP contribution is -2.41. The number of likely N-dealkylation sites (N-methyl/N-ethyl adjacent to an activating group) is 1. The Kier molecular flexibility index (Phi) is 3.92. The van der Waals surface area contributed by atoms with Crippen LogP contribution in [0.5, 0.6) is 0 Å². The normalized spacial score (nSPS) is 28.3. The van der Waals surface area contributed by atoms with Gasteiger partial charge >= 0.3 is 0 Å². The predicted molar refractivity (Wildman–Crippen MR) is 78.3 cm³/mol. The van der Waals surface area contributed by atoms with Crippen molar-refractivity contribution in [1.82, 2.24) is 14.5 Å². The Morgan fingerprint density at radius 1 is 1.32 bits per heavy atom. The van der Waals surface area contributed by atoms with E-state index in [2.05, 4.69) is 29.5 Å². The number of nitrogens with zero attached hydrogens (tertiary/aromatic N) is 3. The molecular formula is C16H27N3. The van der Waals surface area contributed by atoms with Gasteiger partial charge in [0.25, 0.3) is 0 Å². The number of fused-ring (bicyclic) bond motifs is 1. The van der Waals surface area contributed by atoms with Gasteiger partial charge in [-0.25, -0.2) is 4.98 Å². The topological polar surface area (TPSA) is 21.1 Å². The summed E-state index contributed by atoms with van der Waals surface area (Å²) in [6.07, 6.45) is 9.95. The summed E-state index contributed by atoms with van der Waals surface area (Å²) in [6.45, 7) is 8.32. The van der Waals surface area contributed by atoms with Crippen LogP contribution in [0.25, 0.3) is 0 Å². The molecule has 0 N–H and O–H groups in total. The fraction of sp³-hybridized carbons (Fsp3) is 0.812. The van der Waals surface area contributed by atoms with Crippen molar-refractivity contribution in [3.63, 3.8) is 0 Å². The Bertz CT molecular complexity index is 424. The summed E-state index contributed by atoms with van der Waals surface area (Å²) in [7, 11) is 0. The van der Waals surface area contributed by atoms with Gasteiger partial charge in [-0.05, 0) is 44.7 Å². The van der Waals surface area contributed by atoms with E-state index in [9.17, 15) is 0 Å². The van der Waals surface area contributed by atoms with Gasteiger partial charge in [-0.15, -0.1) is 0 Å². The smallest absolute Gasteiger partial charge is 0.110 e. The highest BCUT2D eigenvalue weighted by atomic mass is 15.2. The zero-order chi connectivity index (χ0) is 13.2. The molecular weight excluding hydrogens is 234 g/mol. The van der Waals surface area contributed by atoms with Crippen molar-refractivity contribution in [2.45, 2.75) is 65.0 Å². The molecule has 0 aromatic carbocycles. The lowest BCUT2D eigenvalue weighted by atomic mass is 9.98. The molecule has 3 heteroatoms. The van der Waals surface area contributed by atoms with Crippen molar-refractivity contribution in [1.29, 1.82) is 0 Å². The first-order valence-electron chi connectivity index (χ1n) is 8.05. The van der Waals surface area contributed by atoms with Crippen molar-refractivity contribution in [3.8, 4) is 0 Å². The summed E-state index contributed by atoms with van der Waals surface area (Å²) in [5.74, 6) is 2.15. The fourth-order valence-electron chi connectivity index (χ4n) is 3.75. The molecule has 2 unspecified atom stereocenters. The van der Waals surface area contributed by atoms with Crippen LogP contribution in [-0.2, 0) is 19.4 Å². The zero-order valence-corrected chi connectivity index (χ0v) is 12.4. The number of likely N-dealkylation sites (tertiary alicyclic amines) is 1. The first-order valence-corrected chi connectivity index (χ1v) is 8.05. The van der Waals surface area contributed by atoms with Crippen molar-refractivity contribution in [3.05, 3.63) is 17.7 Å². The average molecular weight is 261 g/mol. The van der Waals surface area contributed by atoms with Crippen LogP contribution in [0.3, 0.4) is 0 Å². The minimum absolute atomic E-state index is 0.725. The van der Waals surface area contributed by atoms with Gasteiger partial charge in [0, 0.05) is 30.9 Å². The van der Waals surface area contributed by atoms with Crippen LogP contribution in [0.15, 0.2) is 6.20 Å². The second-order valence-electron chi connectivity index (χ2n) is 6.40. The third-order valence-electron chi connectivity index (χ3n) is 4.98. The predicted octanol–water partition coefficient (Wildman–Crippen LogP) is 2.88. The number of aromatic nitrogens is 2. The largest absolute Gasteiger partial charge is 0.332 e. The van der Waals surface area contributed by atoms with Gasteiger partial charge < -0.3 is 9.47 Å². The number of hydrogen-bond donors (Lipinski definition) is 0. The summed E-state index contributed by atoms with van der Waals surface area (Å²) in [6, 6.07) is 0.725. The summed E-state index contributed by atoms with van der Waals surface area (Å²) in [5.41, 5.74) is 1.46. The first-order chi connectivity index (χ1) is 9.28. The van der Waals surface area contributed by atoms with Crippen LogP contribution in [0.2, 0.25) is 0 Å². The molecule has 3 heterocycles. The molecule has 0 bridgehead atoms. The van der Waals surface area contributed by atoms with Crippen LogP contribution in [0, 0.1) is 5.92 Å². The molecule has 3 nitrogen and oxygen atoms in total. The second-order valence-corrected chi connectivity index (χ2v) is 6.40. The van der Waals surface area contributed by atoms with E-state index < -0.39 is 0 Å². The number of aryl methyl sites for hydroxylation is 1. The molecule has 0 saturated carbocycles. The second kappa shape index (κ2) is 5.66. The number of hydrogen-bond acceptors (Lipinski definition) is 2. The van der Waals surface area contributed by atoms with Gasteiger partial charge in [0.05, 0.1) is 0 Å². The molecule has 2 aliphatic rings. The summed E-state index contributed by atoms with van der Waals surface area (Å²) in [5, 5.41) is 0. The third-order valence-corrected chi connectivity index (χ3v) is 4.98. The molecule has 1 saturated heterocycles. The number of imidazole rings is 1. The van der Waals surface area contributed by atoms with Gasteiger partial charge in [-0.2, -0.15) is 0 Å². The molecule has 2 atom stereocenters. The highest BCUT2D eigenvalue weighted by Crippen LogP contribution is 2.24. The van der Waals surface area contributed by atoms with E-state index in [0.29, 0.717) is 0 Å². The monoisotopic (exact) mass is 261 g/mol. The van der Waals surface area contributed by atoms with Gasteiger partial charge in [0.1, 0.15) is 5.82 Å². The molecule has 19 heavy (non-hydrogen) atoms. The Balaban J connectivity index is 1.74. The Morgan fingerprint density at radius 2 is 2.21 bits per heavy atom. The lowest BCUT2D eigenvalue weighted by Gasteiger charge is -2.35. The molecule has 0 amide bonds. The highest BCUT2D eigenvalue weighted by molar-refractivity contribution is 5.10. The van der Waals surface area contributed by atoms with E-state index >= 15 is 0 Å². The first kappa shape index (κ1) is 13.2. The maximum atomic E-state index is 4.73. The van der Waals surface area contributed by atoms with E-state index in [0.717, 1.165) is 18.4 Å². The van der Waals surface area contributed by atoms with E-state index in [1.807, 2.05) is 0 Å². The van der Waals surface area contributed by atoms with E-state index in [1.165, 1.54) is 63.3 Å². The minimum Gasteiger partial charge on any atom is -0.332 e. The van der Waals surface area contributed by atoms with Crippen LogP contribution in [-0.4, -0.2) is 33.6 Å². The Hall–Kier alpha value is -0.830. The molecule has 0 radical (unpaired) electrons. The quantitative estimate of drug-likeness (QED) is 0.834. The summed E-state index contributed by atoms with van der Waals surface area (Å²) >= 11 is 0. The lowest BCUT2D eigenvalue weighted by molar-refractivity contribution is 0.152. The number of rotatable bonds is 3. The zero-order valence-electron chi connectivity index (χ0n) is 12.4. The SMILES string of the molecule is CCN1CCCCC1Cc1ncc2n1CC(C)CC2. The third kappa shape index (κ3) is 2.71. The average Bonchev–Trinajstić information content (AvgIpc) is 2.82. The molecule has 1 aromatic heterocycles. The van der Waals surface area contributed by atoms with Crippen molar-refractivity contribution < 1.29 is 0 Å². The molecule has 0 spiro atoms. The van der Waals surface area contributed by atoms with Gasteiger partial charge in [0.15, 0.2) is 0 Å². The minimum atomic E-state index is 0.725. The molecule has 3 rings (SSSR count). The van der Waals surface area contributed by atoms with Crippen LogP contribution >= 0.6 is 0 Å². The Morgan fingerprint density at radius 3 is 3.05 bits per heavy atom. The maximum Gasteiger partial charge on any atom is 0.110 e. The summed E-state index contributed by atoms with van der Waals surface area (Å²) in [4.78, 5) is 7.38. The maximum absolute atomic E-state index is 4.73. The van der Waals surface area contributed by atoms with Crippen LogP contribution in [0.1, 0.15) is 51.0 Å². The molecule has 1 aromatic rings.